The zero-order valence-corrected chi connectivity index (χ0v) is 11.5. The third-order valence-corrected chi connectivity index (χ3v) is 3.47. The Morgan fingerprint density at radius 3 is 2.83 bits per heavy atom. The molecular weight excluding hydrogens is 251 g/mol. The van der Waals surface area contributed by atoms with E-state index >= 15 is 0 Å². The molecule has 0 aliphatic carbocycles. The second-order valence-electron chi connectivity index (χ2n) is 3.97. The van der Waals surface area contributed by atoms with Crippen LogP contribution in [0.2, 0.25) is 0 Å². The lowest BCUT2D eigenvalue weighted by Gasteiger charge is -2.13. The average Bonchev–Trinajstić information content (AvgIpc) is 2.36. The molecule has 1 unspecified atom stereocenters. The number of thioether (sulfide) groups is 1. The van der Waals surface area contributed by atoms with Crippen molar-refractivity contribution in [3.8, 4) is 0 Å². The number of nitrogens with one attached hydrogen (secondary N) is 2. The molecule has 0 spiro atoms. The molecule has 1 rings (SSSR count). The van der Waals surface area contributed by atoms with Gasteiger partial charge < -0.3 is 10.6 Å². The van der Waals surface area contributed by atoms with Crippen LogP contribution in [-0.2, 0) is 4.79 Å². The van der Waals surface area contributed by atoms with E-state index in [4.69, 9.17) is 0 Å². The Morgan fingerprint density at radius 2 is 2.17 bits per heavy atom. The third-order valence-electron chi connectivity index (χ3n) is 2.33. The van der Waals surface area contributed by atoms with Crippen molar-refractivity contribution in [1.82, 2.24) is 5.32 Å². The molecule has 5 heteroatoms. The predicted octanol–water partition coefficient (Wildman–Crippen LogP) is 2.50. The number of carbonyl (C=O) groups is 1. The van der Waals surface area contributed by atoms with Gasteiger partial charge in [0.15, 0.2) is 0 Å². The van der Waals surface area contributed by atoms with Gasteiger partial charge >= 0.3 is 0 Å². The van der Waals surface area contributed by atoms with Crippen LogP contribution < -0.4 is 10.6 Å². The number of amides is 1. The average molecular weight is 270 g/mol. The largest absolute Gasteiger partial charge is 0.322 e. The maximum Gasteiger partial charge on any atom is 0.238 e. The monoisotopic (exact) mass is 270 g/mol. The number of anilines is 1. The lowest BCUT2D eigenvalue weighted by Crippen LogP contribution is -2.35. The summed E-state index contributed by atoms with van der Waals surface area (Å²) in [5.41, 5.74) is 0.222. The van der Waals surface area contributed by atoms with E-state index in [0.29, 0.717) is 0 Å². The Morgan fingerprint density at radius 1 is 1.44 bits per heavy atom. The molecule has 0 aliphatic heterocycles. The normalized spacial score (nSPS) is 12.2. The van der Waals surface area contributed by atoms with Gasteiger partial charge in [-0.1, -0.05) is 19.1 Å². The molecule has 1 aromatic carbocycles. The minimum atomic E-state index is -0.416. The van der Waals surface area contributed by atoms with Gasteiger partial charge in [-0.2, -0.15) is 11.8 Å². The number of para-hydroxylation sites is 1. The summed E-state index contributed by atoms with van der Waals surface area (Å²) in [5.74, 6) is 1.38. The van der Waals surface area contributed by atoms with Crippen LogP contribution in [0, 0.1) is 5.82 Å². The summed E-state index contributed by atoms with van der Waals surface area (Å²) in [5, 5.41) is 5.64. The Hall–Kier alpha value is -1.07. The van der Waals surface area contributed by atoms with Crippen molar-refractivity contribution < 1.29 is 9.18 Å². The molecule has 1 aromatic rings. The van der Waals surface area contributed by atoms with Crippen LogP contribution in [0.4, 0.5) is 10.1 Å². The van der Waals surface area contributed by atoms with Crippen molar-refractivity contribution in [2.45, 2.75) is 19.9 Å². The first kappa shape index (κ1) is 15.0. The first-order valence-corrected chi connectivity index (χ1v) is 7.14. The van der Waals surface area contributed by atoms with Crippen LogP contribution in [0.3, 0.4) is 0 Å². The van der Waals surface area contributed by atoms with Crippen molar-refractivity contribution >= 4 is 23.4 Å². The molecule has 1 atom stereocenters. The number of benzene rings is 1. The van der Waals surface area contributed by atoms with Crippen molar-refractivity contribution in [2.24, 2.45) is 0 Å². The van der Waals surface area contributed by atoms with Gasteiger partial charge in [-0.25, -0.2) is 4.39 Å². The Bertz CT molecular complexity index is 387. The summed E-state index contributed by atoms with van der Waals surface area (Å²) in [6.07, 6.45) is 0. The molecule has 2 N–H and O–H groups in total. The van der Waals surface area contributed by atoms with E-state index in [9.17, 15) is 9.18 Å². The van der Waals surface area contributed by atoms with Gasteiger partial charge in [0.2, 0.25) is 5.91 Å². The maximum absolute atomic E-state index is 13.3. The lowest BCUT2D eigenvalue weighted by molar-refractivity contribution is -0.115. The van der Waals surface area contributed by atoms with E-state index in [1.165, 1.54) is 6.07 Å². The number of carbonyl (C=O) groups excluding carboxylic acids is 1. The van der Waals surface area contributed by atoms with Gasteiger partial charge in [0, 0.05) is 11.8 Å². The van der Waals surface area contributed by atoms with Crippen LogP contribution >= 0.6 is 11.8 Å². The Labute approximate surface area is 112 Å². The van der Waals surface area contributed by atoms with E-state index in [0.717, 1.165) is 11.5 Å². The van der Waals surface area contributed by atoms with Crippen LogP contribution in [0.15, 0.2) is 24.3 Å². The standard InChI is InChI=1S/C13H19FN2OS/c1-3-18-9-10(2)15-8-13(17)16-12-7-5-4-6-11(12)14/h4-7,10,15H,3,8-9H2,1-2H3,(H,16,17). The van der Waals surface area contributed by atoms with Crippen LogP contribution in [-0.4, -0.2) is 30.0 Å². The number of hydrogen-bond donors (Lipinski definition) is 2. The van der Waals surface area contributed by atoms with Crippen molar-refractivity contribution in [2.75, 3.05) is 23.4 Å². The van der Waals surface area contributed by atoms with Gasteiger partial charge in [0.25, 0.3) is 0 Å². The molecule has 0 bridgehead atoms. The van der Waals surface area contributed by atoms with Crippen molar-refractivity contribution in [1.29, 1.82) is 0 Å². The highest BCUT2D eigenvalue weighted by Crippen LogP contribution is 2.11. The van der Waals surface area contributed by atoms with Crippen molar-refractivity contribution in [3.63, 3.8) is 0 Å². The number of hydrogen-bond acceptors (Lipinski definition) is 3. The third kappa shape index (κ3) is 5.51. The molecule has 3 nitrogen and oxygen atoms in total. The molecule has 0 radical (unpaired) electrons. The lowest BCUT2D eigenvalue weighted by atomic mass is 10.3. The molecule has 0 aromatic heterocycles. The summed E-state index contributed by atoms with van der Waals surface area (Å²) in [7, 11) is 0. The maximum atomic E-state index is 13.3. The SMILES string of the molecule is CCSCC(C)NCC(=O)Nc1ccccc1F. The Kier molecular flexibility index (Phi) is 6.75. The minimum absolute atomic E-state index is 0.194. The number of rotatable bonds is 7. The smallest absolute Gasteiger partial charge is 0.238 e. The van der Waals surface area contributed by atoms with E-state index in [-0.39, 0.29) is 24.2 Å². The highest BCUT2D eigenvalue weighted by Gasteiger charge is 2.07. The first-order valence-electron chi connectivity index (χ1n) is 5.99. The molecule has 1 amide bonds. The molecule has 0 saturated heterocycles. The van der Waals surface area contributed by atoms with Gasteiger partial charge in [-0.05, 0) is 24.8 Å². The predicted molar refractivity (Wildman–Crippen MR) is 75.5 cm³/mol. The molecule has 0 saturated carbocycles. The second kappa shape index (κ2) is 8.11. The second-order valence-corrected chi connectivity index (χ2v) is 5.29. The fourth-order valence-electron chi connectivity index (χ4n) is 1.38. The van der Waals surface area contributed by atoms with Crippen molar-refractivity contribution in [3.05, 3.63) is 30.1 Å². The van der Waals surface area contributed by atoms with Crippen LogP contribution in [0.5, 0.6) is 0 Å². The molecule has 0 fully saturated rings. The Balaban J connectivity index is 2.32. The van der Waals surface area contributed by atoms with Gasteiger partial charge in [0.1, 0.15) is 5.82 Å². The molecule has 0 heterocycles. The highest BCUT2D eigenvalue weighted by atomic mass is 32.2. The van der Waals surface area contributed by atoms with E-state index in [2.05, 4.69) is 17.6 Å². The van der Waals surface area contributed by atoms with Gasteiger partial charge in [0.05, 0.1) is 12.2 Å². The van der Waals surface area contributed by atoms with Gasteiger partial charge in [-0.3, -0.25) is 4.79 Å². The summed E-state index contributed by atoms with van der Waals surface area (Å²) in [4.78, 5) is 11.6. The molecule has 100 valence electrons. The zero-order valence-electron chi connectivity index (χ0n) is 10.7. The molecule has 0 aliphatic rings. The quantitative estimate of drug-likeness (QED) is 0.800. The van der Waals surface area contributed by atoms with E-state index in [1.807, 2.05) is 18.7 Å². The number of halogens is 1. The van der Waals surface area contributed by atoms with Crippen LogP contribution in [0.25, 0.3) is 0 Å². The summed E-state index contributed by atoms with van der Waals surface area (Å²) < 4.78 is 13.3. The summed E-state index contributed by atoms with van der Waals surface area (Å²) in [6.45, 7) is 4.32. The van der Waals surface area contributed by atoms with E-state index in [1.54, 1.807) is 18.2 Å². The van der Waals surface area contributed by atoms with Crippen LogP contribution in [0.1, 0.15) is 13.8 Å². The minimum Gasteiger partial charge on any atom is -0.322 e. The molecule has 18 heavy (non-hydrogen) atoms. The van der Waals surface area contributed by atoms with Gasteiger partial charge in [-0.15, -0.1) is 0 Å². The topological polar surface area (TPSA) is 41.1 Å². The summed E-state index contributed by atoms with van der Waals surface area (Å²) in [6, 6.07) is 6.41. The van der Waals surface area contributed by atoms with E-state index < -0.39 is 5.82 Å². The highest BCUT2D eigenvalue weighted by molar-refractivity contribution is 7.99. The zero-order chi connectivity index (χ0) is 13.4. The fourth-order valence-corrected chi connectivity index (χ4v) is 2.08. The first-order chi connectivity index (χ1) is 8.63. The molecular formula is C13H19FN2OS. The summed E-state index contributed by atoms with van der Waals surface area (Å²) >= 11 is 1.82. The fraction of sp³-hybridized carbons (Fsp3) is 0.462.